The molecule has 1 fully saturated rings. The second kappa shape index (κ2) is 8.52. The molecule has 8 heteroatoms. The SMILES string of the molecule is Cn1cc(-c2ccc3c(N4CCC(F)C4)ncnc3c2)cn1.Fc1ccc(F)cc1. The summed E-state index contributed by atoms with van der Waals surface area (Å²) in [5.41, 5.74) is 2.98. The van der Waals surface area contributed by atoms with Gasteiger partial charge in [-0.3, -0.25) is 4.68 Å². The lowest BCUT2D eigenvalue weighted by Crippen LogP contribution is -2.21. The monoisotopic (exact) mass is 411 g/mol. The minimum Gasteiger partial charge on any atom is -0.353 e. The molecular formula is C22H20F3N5. The minimum absolute atomic E-state index is 0.411. The fourth-order valence-corrected chi connectivity index (χ4v) is 3.38. The van der Waals surface area contributed by atoms with Crippen LogP contribution in [0.4, 0.5) is 19.0 Å². The van der Waals surface area contributed by atoms with Crippen LogP contribution < -0.4 is 4.90 Å². The molecule has 1 unspecified atom stereocenters. The van der Waals surface area contributed by atoms with Gasteiger partial charge in [-0.1, -0.05) is 6.07 Å². The van der Waals surface area contributed by atoms with Crippen LogP contribution in [-0.4, -0.2) is 39.0 Å². The molecule has 0 amide bonds. The molecule has 2 aromatic carbocycles. The Labute approximate surface area is 171 Å². The van der Waals surface area contributed by atoms with Gasteiger partial charge in [0.2, 0.25) is 0 Å². The first-order chi connectivity index (χ1) is 14.5. The van der Waals surface area contributed by atoms with Crippen molar-refractivity contribution in [1.29, 1.82) is 0 Å². The van der Waals surface area contributed by atoms with Gasteiger partial charge >= 0.3 is 0 Å². The molecule has 5 nitrogen and oxygen atoms in total. The summed E-state index contributed by atoms with van der Waals surface area (Å²) in [6.07, 6.45) is 5.16. The minimum atomic E-state index is -0.764. The van der Waals surface area contributed by atoms with Crippen LogP contribution in [0.15, 0.2) is 61.2 Å². The third kappa shape index (κ3) is 4.42. The Hall–Kier alpha value is -3.42. The molecule has 0 N–H and O–H groups in total. The van der Waals surface area contributed by atoms with Crippen LogP contribution in [0.5, 0.6) is 0 Å². The molecule has 1 atom stereocenters. The Morgan fingerprint density at radius 3 is 2.30 bits per heavy atom. The van der Waals surface area contributed by atoms with Crippen LogP contribution in [0.2, 0.25) is 0 Å². The van der Waals surface area contributed by atoms with Gasteiger partial charge in [0.05, 0.1) is 18.3 Å². The van der Waals surface area contributed by atoms with E-state index in [4.69, 9.17) is 0 Å². The van der Waals surface area contributed by atoms with Crippen LogP contribution in [-0.2, 0) is 7.05 Å². The van der Waals surface area contributed by atoms with Crippen molar-refractivity contribution < 1.29 is 13.2 Å². The average molecular weight is 411 g/mol. The van der Waals surface area contributed by atoms with Gasteiger partial charge in [-0.25, -0.2) is 23.1 Å². The van der Waals surface area contributed by atoms with Gasteiger partial charge in [0.15, 0.2) is 0 Å². The molecule has 2 aromatic heterocycles. The molecule has 1 saturated heterocycles. The predicted molar refractivity (Wildman–Crippen MR) is 110 cm³/mol. The number of fused-ring (bicyclic) bond motifs is 1. The van der Waals surface area contributed by atoms with E-state index in [0.717, 1.165) is 52.1 Å². The van der Waals surface area contributed by atoms with Gasteiger partial charge in [-0.05, 0) is 48.4 Å². The van der Waals surface area contributed by atoms with E-state index in [1.807, 2.05) is 42.5 Å². The summed E-state index contributed by atoms with van der Waals surface area (Å²) in [7, 11) is 1.89. The third-order valence-electron chi connectivity index (χ3n) is 4.89. The van der Waals surface area contributed by atoms with Crippen LogP contribution >= 0.6 is 0 Å². The van der Waals surface area contributed by atoms with Crippen molar-refractivity contribution in [2.75, 3.05) is 18.0 Å². The standard InChI is InChI=1S/C16H16FN5.C6H4F2/c1-21-8-12(7-20-21)11-2-3-14-15(6-11)18-10-19-16(14)22-5-4-13(17)9-22;7-5-1-2-6(8)4-3-5/h2-3,6-8,10,13H,4-5,9H2,1H3;1-4H. The van der Waals surface area contributed by atoms with Crippen molar-refractivity contribution >= 4 is 16.7 Å². The van der Waals surface area contributed by atoms with Crippen LogP contribution in [0.25, 0.3) is 22.0 Å². The van der Waals surface area contributed by atoms with E-state index in [-0.39, 0.29) is 0 Å². The summed E-state index contributed by atoms with van der Waals surface area (Å²) in [5.74, 6) is 0.000636. The summed E-state index contributed by atoms with van der Waals surface area (Å²) in [6.45, 7) is 1.12. The molecule has 0 spiro atoms. The number of aromatic nitrogens is 4. The number of halogens is 3. The van der Waals surface area contributed by atoms with E-state index in [2.05, 4.69) is 15.1 Å². The largest absolute Gasteiger partial charge is 0.353 e. The summed E-state index contributed by atoms with van der Waals surface area (Å²) in [6, 6.07) is 10.4. The second-order valence-electron chi connectivity index (χ2n) is 7.10. The first-order valence-corrected chi connectivity index (χ1v) is 9.53. The maximum Gasteiger partial charge on any atom is 0.139 e. The molecular weight excluding hydrogens is 391 g/mol. The Morgan fingerprint density at radius 2 is 1.70 bits per heavy atom. The predicted octanol–water partition coefficient (Wildman–Crippen LogP) is 4.54. The van der Waals surface area contributed by atoms with Crippen molar-refractivity contribution in [3.05, 3.63) is 72.8 Å². The van der Waals surface area contributed by atoms with Crippen LogP contribution in [0, 0.1) is 11.6 Å². The molecule has 3 heterocycles. The average Bonchev–Trinajstić information content (AvgIpc) is 3.38. The Bertz CT molecular complexity index is 1120. The second-order valence-corrected chi connectivity index (χ2v) is 7.10. The molecule has 1 aliphatic heterocycles. The lowest BCUT2D eigenvalue weighted by molar-refractivity contribution is 0.364. The lowest BCUT2D eigenvalue weighted by Gasteiger charge is -2.18. The van der Waals surface area contributed by atoms with Crippen molar-refractivity contribution in [2.24, 2.45) is 7.05 Å². The van der Waals surface area contributed by atoms with Gasteiger partial charge in [-0.2, -0.15) is 5.10 Å². The number of anilines is 1. The zero-order chi connectivity index (χ0) is 21.1. The number of benzene rings is 2. The van der Waals surface area contributed by atoms with Gasteiger partial charge < -0.3 is 4.90 Å². The highest BCUT2D eigenvalue weighted by atomic mass is 19.1. The van der Waals surface area contributed by atoms with E-state index in [1.54, 1.807) is 11.0 Å². The summed E-state index contributed by atoms with van der Waals surface area (Å²) >= 11 is 0. The molecule has 0 aliphatic carbocycles. The number of hydrogen-bond acceptors (Lipinski definition) is 4. The molecule has 5 rings (SSSR count). The third-order valence-corrected chi connectivity index (χ3v) is 4.89. The number of hydrogen-bond donors (Lipinski definition) is 0. The first-order valence-electron chi connectivity index (χ1n) is 9.53. The molecule has 30 heavy (non-hydrogen) atoms. The molecule has 0 saturated carbocycles. The zero-order valence-corrected chi connectivity index (χ0v) is 16.3. The van der Waals surface area contributed by atoms with Crippen molar-refractivity contribution in [1.82, 2.24) is 19.7 Å². The highest BCUT2D eigenvalue weighted by Gasteiger charge is 2.24. The van der Waals surface area contributed by atoms with Gasteiger partial charge in [0.1, 0.15) is 30.0 Å². The van der Waals surface area contributed by atoms with E-state index >= 15 is 0 Å². The van der Waals surface area contributed by atoms with Gasteiger partial charge in [0.25, 0.3) is 0 Å². The molecule has 0 bridgehead atoms. The summed E-state index contributed by atoms with van der Waals surface area (Å²) in [4.78, 5) is 10.7. The maximum atomic E-state index is 13.5. The van der Waals surface area contributed by atoms with E-state index in [0.29, 0.717) is 19.5 Å². The molecule has 0 radical (unpaired) electrons. The van der Waals surface area contributed by atoms with Crippen molar-refractivity contribution in [2.45, 2.75) is 12.6 Å². The van der Waals surface area contributed by atoms with Crippen molar-refractivity contribution in [3.8, 4) is 11.1 Å². The van der Waals surface area contributed by atoms with Crippen molar-refractivity contribution in [3.63, 3.8) is 0 Å². The van der Waals surface area contributed by atoms with Gasteiger partial charge in [-0.15, -0.1) is 0 Å². The summed E-state index contributed by atoms with van der Waals surface area (Å²) in [5, 5.41) is 5.16. The normalized spacial score (nSPS) is 15.9. The first kappa shape index (κ1) is 19.9. The van der Waals surface area contributed by atoms with Crippen LogP contribution in [0.1, 0.15) is 6.42 Å². The topological polar surface area (TPSA) is 46.8 Å². The van der Waals surface area contributed by atoms with Gasteiger partial charge in [0, 0.05) is 30.7 Å². The van der Waals surface area contributed by atoms with E-state index in [1.165, 1.54) is 0 Å². The fraction of sp³-hybridized carbons (Fsp3) is 0.227. The number of rotatable bonds is 2. The fourth-order valence-electron chi connectivity index (χ4n) is 3.38. The Balaban J connectivity index is 0.000000230. The number of aryl methyl sites for hydroxylation is 1. The zero-order valence-electron chi connectivity index (χ0n) is 16.3. The van der Waals surface area contributed by atoms with E-state index < -0.39 is 17.8 Å². The Kier molecular flexibility index (Phi) is 5.65. The smallest absolute Gasteiger partial charge is 0.139 e. The van der Waals surface area contributed by atoms with Crippen LogP contribution in [0.3, 0.4) is 0 Å². The molecule has 154 valence electrons. The lowest BCUT2D eigenvalue weighted by atomic mass is 10.1. The van der Waals surface area contributed by atoms with E-state index in [9.17, 15) is 13.2 Å². The molecule has 4 aromatic rings. The quantitative estimate of drug-likeness (QED) is 0.486. The summed E-state index contributed by atoms with van der Waals surface area (Å²) < 4.78 is 39.1. The highest BCUT2D eigenvalue weighted by Crippen LogP contribution is 2.30. The number of nitrogens with zero attached hydrogens (tertiary/aromatic N) is 5. The molecule has 1 aliphatic rings. The maximum absolute atomic E-state index is 13.5. The Morgan fingerprint density at radius 1 is 0.967 bits per heavy atom. The number of alkyl halides is 1. The highest BCUT2D eigenvalue weighted by molar-refractivity contribution is 5.92.